The quantitative estimate of drug-likeness (QED) is 0.581. The van der Waals surface area contributed by atoms with E-state index in [4.69, 9.17) is 0 Å². The van der Waals surface area contributed by atoms with Crippen LogP contribution in [0, 0.1) is 6.92 Å². The molecule has 0 heterocycles. The normalized spacial score (nSPS) is 11.2. The molecule has 1 amide bonds. The van der Waals surface area contributed by atoms with Crippen molar-refractivity contribution in [2.24, 2.45) is 0 Å². The van der Waals surface area contributed by atoms with Crippen LogP contribution in [0.15, 0.2) is 77.7 Å². The molecule has 0 spiro atoms. The summed E-state index contributed by atoms with van der Waals surface area (Å²) in [6, 6.07) is 20.9. The maximum absolute atomic E-state index is 13.1. The summed E-state index contributed by atoms with van der Waals surface area (Å²) < 4.78 is 27.5. The monoisotopic (exact) mass is 422 g/mol. The number of hydrogen-bond acceptors (Lipinski definition) is 3. The molecular formula is C24H26N2O3S. The third-order valence-corrected chi connectivity index (χ3v) is 6.93. The van der Waals surface area contributed by atoms with E-state index in [1.807, 2.05) is 38.1 Å². The molecule has 0 saturated heterocycles. The van der Waals surface area contributed by atoms with E-state index in [0.29, 0.717) is 17.8 Å². The summed E-state index contributed by atoms with van der Waals surface area (Å²) in [6.45, 7) is 6.09. The molecule has 3 aromatic rings. The van der Waals surface area contributed by atoms with Crippen molar-refractivity contribution in [3.8, 4) is 0 Å². The zero-order valence-corrected chi connectivity index (χ0v) is 18.2. The van der Waals surface area contributed by atoms with Crippen LogP contribution in [0.3, 0.4) is 0 Å². The number of anilines is 2. The van der Waals surface area contributed by atoms with Gasteiger partial charge < -0.3 is 5.32 Å². The summed E-state index contributed by atoms with van der Waals surface area (Å²) in [7, 11) is -3.72. The average Bonchev–Trinajstić information content (AvgIpc) is 2.76. The van der Waals surface area contributed by atoms with E-state index < -0.39 is 10.0 Å². The van der Waals surface area contributed by atoms with Gasteiger partial charge in [-0.3, -0.25) is 9.10 Å². The van der Waals surface area contributed by atoms with E-state index in [1.165, 1.54) is 16.4 Å². The third-order valence-electron chi connectivity index (χ3n) is 5.01. The number of hydrogen-bond donors (Lipinski definition) is 1. The smallest absolute Gasteiger partial charge is 0.264 e. The Morgan fingerprint density at radius 2 is 1.57 bits per heavy atom. The highest BCUT2D eigenvalue weighted by atomic mass is 32.2. The van der Waals surface area contributed by atoms with Crippen LogP contribution in [0.5, 0.6) is 0 Å². The minimum atomic E-state index is -3.72. The minimum absolute atomic E-state index is 0.148. The largest absolute Gasteiger partial charge is 0.321 e. The number of amides is 1. The second kappa shape index (κ2) is 9.13. The maximum atomic E-state index is 13.1. The van der Waals surface area contributed by atoms with Crippen LogP contribution in [0.25, 0.3) is 0 Å². The molecular weight excluding hydrogens is 396 g/mol. The van der Waals surface area contributed by atoms with Gasteiger partial charge in [-0.2, -0.15) is 0 Å². The summed E-state index contributed by atoms with van der Waals surface area (Å²) in [5.41, 5.74) is 3.87. The average molecular weight is 423 g/mol. The predicted octanol–water partition coefficient (Wildman–Crippen LogP) is 5.02. The Labute approximate surface area is 178 Å². The van der Waals surface area contributed by atoms with Crippen LogP contribution < -0.4 is 9.62 Å². The highest BCUT2D eigenvalue weighted by Gasteiger charge is 2.23. The van der Waals surface area contributed by atoms with Crippen LogP contribution >= 0.6 is 0 Å². The van der Waals surface area contributed by atoms with Gasteiger partial charge in [0.05, 0.1) is 10.6 Å². The fourth-order valence-electron chi connectivity index (χ4n) is 3.38. The van der Waals surface area contributed by atoms with E-state index in [1.54, 1.807) is 43.3 Å². The molecule has 0 radical (unpaired) electrons. The maximum Gasteiger partial charge on any atom is 0.264 e. The first-order chi connectivity index (χ1) is 14.4. The summed E-state index contributed by atoms with van der Waals surface area (Å²) in [5, 5.41) is 2.97. The number of benzene rings is 3. The number of nitrogens with one attached hydrogen (secondary N) is 1. The summed E-state index contributed by atoms with van der Waals surface area (Å²) in [5.74, 6) is -0.265. The van der Waals surface area contributed by atoms with Gasteiger partial charge in [0.1, 0.15) is 0 Å². The number of aryl methyl sites for hydroxylation is 2. The van der Waals surface area contributed by atoms with Crippen molar-refractivity contribution in [1.29, 1.82) is 0 Å². The zero-order valence-electron chi connectivity index (χ0n) is 17.4. The number of rotatable bonds is 7. The fraction of sp³-hybridized carbons (Fsp3) is 0.208. The lowest BCUT2D eigenvalue weighted by molar-refractivity contribution is 0.102. The molecule has 0 aromatic heterocycles. The Bertz CT molecular complexity index is 1120. The van der Waals surface area contributed by atoms with Crippen molar-refractivity contribution in [3.05, 3.63) is 89.5 Å². The standard InChI is InChI=1S/C24H26N2O3S/c1-4-19-11-9-10-18(3)23(19)25-24(27)20-14-16-22(17-15-20)30(28,29)26(5-2)21-12-7-6-8-13-21/h6-17H,4-5H2,1-3H3,(H,25,27). The number of carbonyl (C=O) groups excluding carboxylic acids is 1. The number of para-hydroxylation sites is 2. The molecule has 30 heavy (non-hydrogen) atoms. The summed E-state index contributed by atoms with van der Waals surface area (Å²) in [6.07, 6.45) is 0.806. The molecule has 0 aliphatic heterocycles. The molecule has 0 fully saturated rings. The minimum Gasteiger partial charge on any atom is -0.321 e. The molecule has 6 heteroatoms. The number of carbonyl (C=O) groups is 1. The van der Waals surface area contributed by atoms with Gasteiger partial charge in [-0.05, 0) is 67.8 Å². The van der Waals surface area contributed by atoms with Gasteiger partial charge in [-0.1, -0.05) is 43.3 Å². The number of sulfonamides is 1. The molecule has 156 valence electrons. The van der Waals surface area contributed by atoms with E-state index in [0.717, 1.165) is 23.2 Å². The van der Waals surface area contributed by atoms with Gasteiger partial charge in [0.25, 0.3) is 15.9 Å². The first-order valence-corrected chi connectivity index (χ1v) is 11.4. The predicted molar refractivity (Wildman–Crippen MR) is 122 cm³/mol. The highest BCUT2D eigenvalue weighted by molar-refractivity contribution is 7.92. The SMILES string of the molecule is CCc1cccc(C)c1NC(=O)c1ccc(S(=O)(=O)N(CC)c2ccccc2)cc1. The van der Waals surface area contributed by atoms with Crippen molar-refractivity contribution in [2.75, 3.05) is 16.2 Å². The van der Waals surface area contributed by atoms with Gasteiger partial charge in [-0.15, -0.1) is 0 Å². The molecule has 0 atom stereocenters. The molecule has 3 rings (SSSR count). The molecule has 0 aliphatic carbocycles. The number of nitrogens with zero attached hydrogens (tertiary/aromatic N) is 1. The fourth-order valence-corrected chi connectivity index (χ4v) is 4.85. The van der Waals surface area contributed by atoms with Gasteiger partial charge in [-0.25, -0.2) is 8.42 Å². The lowest BCUT2D eigenvalue weighted by Gasteiger charge is -2.23. The molecule has 3 aromatic carbocycles. The topological polar surface area (TPSA) is 66.5 Å². The molecule has 0 aliphatic rings. The van der Waals surface area contributed by atoms with Gasteiger partial charge >= 0.3 is 0 Å². The summed E-state index contributed by atoms with van der Waals surface area (Å²) in [4.78, 5) is 12.9. The van der Waals surface area contributed by atoms with Crippen LogP contribution in [-0.4, -0.2) is 20.9 Å². The first kappa shape index (κ1) is 21.6. The second-order valence-electron chi connectivity index (χ2n) is 6.95. The van der Waals surface area contributed by atoms with Gasteiger partial charge in [0.15, 0.2) is 0 Å². The van der Waals surface area contributed by atoms with E-state index in [-0.39, 0.29) is 10.8 Å². The van der Waals surface area contributed by atoms with E-state index in [2.05, 4.69) is 5.32 Å². The van der Waals surface area contributed by atoms with Crippen LogP contribution in [-0.2, 0) is 16.4 Å². The van der Waals surface area contributed by atoms with E-state index >= 15 is 0 Å². The first-order valence-electron chi connectivity index (χ1n) is 9.96. The molecule has 0 unspecified atom stereocenters. The Morgan fingerprint density at radius 3 is 2.17 bits per heavy atom. The third kappa shape index (κ3) is 4.39. The Morgan fingerprint density at radius 1 is 0.900 bits per heavy atom. The van der Waals surface area contributed by atoms with Crippen molar-refractivity contribution in [2.45, 2.75) is 32.1 Å². The van der Waals surface area contributed by atoms with Gasteiger partial charge in [0, 0.05) is 17.8 Å². The lowest BCUT2D eigenvalue weighted by atomic mass is 10.1. The summed E-state index contributed by atoms with van der Waals surface area (Å²) >= 11 is 0. The Hall–Kier alpha value is -3.12. The Balaban J connectivity index is 1.85. The van der Waals surface area contributed by atoms with Crippen LogP contribution in [0.2, 0.25) is 0 Å². The zero-order chi connectivity index (χ0) is 21.7. The van der Waals surface area contributed by atoms with Crippen molar-refractivity contribution >= 4 is 27.3 Å². The molecule has 0 bridgehead atoms. The van der Waals surface area contributed by atoms with Crippen molar-refractivity contribution in [3.63, 3.8) is 0 Å². The van der Waals surface area contributed by atoms with Crippen LogP contribution in [0.1, 0.15) is 35.3 Å². The second-order valence-corrected chi connectivity index (χ2v) is 8.81. The Kier molecular flexibility index (Phi) is 6.57. The lowest BCUT2D eigenvalue weighted by Crippen LogP contribution is -2.30. The van der Waals surface area contributed by atoms with Crippen molar-refractivity contribution in [1.82, 2.24) is 0 Å². The van der Waals surface area contributed by atoms with Crippen LogP contribution in [0.4, 0.5) is 11.4 Å². The molecule has 0 saturated carbocycles. The highest BCUT2D eigenvalue weighted by Crippen LogP contribution is 2.25. The molecule has 5 nitrogen and oxygen atoms in total. The molecule has 1 N–H and O–H groups in total. The van der Waals surface area contributed by atoms with E-state index in [9.17, 15) is 13.2 Å². The van der Waals surface area contributed by atoms with Crippen molar-refractivity contribution < 1.29 is 13.2 Å². The van der Waals surface area contributed by atoms with Gasteiger partial charge in [0.2, 0.25) is 0 Å².